The molecule has 4 heteroatoms. The number of unbranched alkanes of at least 4 members (excludes halogenated alkanes) is 39. The average molecular weight is 762 g/mol. The van der Waals surface area contributed by atoms with Crippen LogP contribution in [-0.4, -0.2) is 34.9 Å². The zero-order valence-corrected chi connectivity index (χ0v) is 37.0. The van der Waals surface area contributed by atoms with E-state index in [0.29, 0.717) is 6.42 Å². The molecule has 2 atom stereocenters. The summed E-state index contributed by atoms with van der Waals surface area (Å²) in [6.45, 7) is 4.33. The molecule has 2 unspecified atom stereocenters. The maximum atomic E-state index is 12.4. The van der Waals surface area contributed by atoms with Gasteiger partial charge in [0.15, 0.2) is 0 Å². The quantitative estimate of drug-likeness (QED) is 0.0427. The van der Waals surface area contributed by atoms with Crippen LogP contribution in [0.15, 0.2) is 12.2 Å². The van der Waals surface area contributed by atoms with Gasteiger partial charge in [-0.05, 0) is 19.3 Å². The molecule has 0 heterocycles. The monoisotopic (exact) mass is 762 g/mol. The summed E-state index contributed by atoms with van der Waals surface area (Å²) in [5.74, 6) is -0.0581. The van der Waals surface area contributed by atoms with Gasteiger partial charge in [0.1, 0.15) is 0 Å². The Kier molecular flexibility index (Phi) is 45.8. The van der Waals surface area contributed by atoms with E-state index in [1.165, 1.54) is 238 Å². The lowest BCUT2D eigenvalue weighted by Gasteiger charge is -2.20. The van der Waals surface area contributed by atoms with Crippen molar-refractivity contribution in [1.82, 2.24) is 5.32 Å². The van der Waals surface area contributed by atoms with Gasteiger partial charge in [-0.15, -0.1) is 0 Å². The number of aliphatic hydroxyl groups is 2. The Morgan fingerprint density at radius 3 is 0.963 bits per heavy atom. The van der Waals surface area contributed by atoms with Crippen molar-refractivity contribution in [3.63, 3.8) is 0 Å². The molecule has 0 aromatic carbocycles. The summed E-state index contributed by atoms with van der Waals surface area (Å²) in [5.41, 5.74) is 0. The Morgan fingerprint density at radius 2 is 0.685 bits per heavy atom. The van der Waals surface area contributed by atoms with Gasteiger partial charge < -0.3 is 15.5 Å². The molecule has 0 aliphatic heterocycles. The molecule has 1 amide bonds. The third-order valence-electron chi connectivity index (χ3n) is 11.8. The van der Waals surface area contributed by atoms with E-state index < -0.39 is 12.1 Å². The van der Waals surface area contributed by atoms with Gasteiger partial charge in [0, 0.05) is 6.42 Å². The van der Waals surface area contributed by atoms with E-state index in [9.17, 15) is 15.0 Å². The topological polar surface area (TPSA) is 69.6 Å². The number of aliphatic hydroxyl groups excluding tert-OH is 2. The minimum absolute atomic E-state index is 0.0581. The summed E-state index contributed by atoms with van der Waals surface area (Å²) in [4.78, 5) is 12.4. The number of allylic oxidation sites excluding steroid dienone is 1. The zero-order chi connectivity index (χ0) is 39.3. The molecule has 0 aromatic rings. The first-order valence-electron chi connectivity index (χ1n) is 24.9. The van der Waals surface area contributed by atoms with Gasteiger partial charge in [-0.2, -0.15) is 0 Å². The number of carbonyl (C=O) groups excluding carboxylic acids is 1. The fourth-order valence-corrected chi connectivity index (χ4v) is 7.95. The van der Waals surface area contributed by atoms with Crippen molar-refractivity contribution < 1.29 is 15.0 Å². The van der Waals surface area contributed by atoms with E-state index >= 15 is 0 Å². The van der Waals surface area contributed by atoms with Crippen LogP contribution in [0.1, 0.15) is 284 Å². The van der Waals surface area contributed by atoms with Gasteiger partial charge in [-0.1, -0.05) is 270 Å². The lowest BCUT2D eigenvalue weighted by molar-refractivity contribution is -0.123. The molecular weight excluding hydrogens is 663 g/mol. The van der Waals surface area contributed by atoms with Crippen molar-refractivity contribution in [2.24, 2.45) is 0 Å². The number of hydrogen-bond donors (Lipinski definition) is 3. The van der Waals surface area contributed by atoms with Gasteiger partial charge in [0.25, 0.3) is 0 Å². The fourth-order valence-electron chi connectivity index (χ4n) is 7.95. The lowest BCUT2D eigenvalue weighted by atomic mass is 10.0. The first-order valence-corrected chi connectivity index (χ1v) is 24.9. The van der Waals surface area contributed by atoms with Crippen LogP contribution in [0.2, 0.25) is 0 Å². The standard InChI is InChI=1S/C50H99NO3/c1-3-5-7-9-11-13-15-17-19-20-21-22-23-24-25-26-27-28-29-30-31-32-34-36-38-40-42-44-46-50(54)51-48(47-52)49(53)45-43-41-39-37-35-33-18-16-14-12-10-8-6-4-2/h43,45,48-49,52-53H,3-42,44,46-47H2,1-2H3,(H,51,54)/b45-43+. The molecule has 0 bridgehead atoms. The Balaban J connectivity index is 3.43. The summed E-state index contributed by atoms with van der Waals surface area (Å²) >= 11 is 0. The molecule has 0 aliphatic carbocycles. The summed E-state index contributed by atoms with van der Waals surface area (Å²) in [6, 6.07) is -0.616. The van der Waals surface area contributed by atoms with Crippen LogP contribution < -0.4 is 5.32 Å². The Bertz CT molecular complexity index is 739. The lowest BCUT2D eigenvalue weighted by Crippen LogP contribution is -2.45. The predicted molar refractivity (Wildman–Crippen MR) is 239 cm³/mol. The summed E-state index contributed by atoms with van der Waals surface area (Å²) in [5, 5.41) is 23.0. The average Bonchev–Trinajstić information content (AvgIpc) is 3.18. The molecule has 0 saturated carbocycles. The van der Waals surface area contributed by atoms with Crippen molar-refractivity contribution in [3.05, 3.63) is 12.2 Å². The molecule has 0 aromatic heterocycles. The maximum absolute atomic E-state index is 12.4. The highest BCUT2D eigenvalue weighted by atomic mass is 16.3. The van der Waals surface area contributed by atoms with Crippen LogP contribution in [0, 0.1) is 0 Å². The summed E-state index contributed by atoms with van der Waals surface area (Å²) in [6.07, 6.45) is 59.2. The van der Waals surface area contributed by atoms with Gasteiger partial charge in [-0.25, -0.2) is 0 Å². The molecule has 0 radical (unpaired) electrons. The van der Waals surface area contributed by atoms with Gasteiger partial charge in [-0.3, -0.25) is 4.79 Å². The van der Waals surface area contributed by atoms with E-state index in [4.69, 9.17) is 0 Å². The van der Waals surface area contributed by atoms with E-state index in [1.807, 2.05) is 6.08 Å². The number of rotatable bonds is 46. The molecule has 0 saturated heterocycles. The first kappa shape index (κ1) is 53.1. The minimum atomic E-state index is -0.833. The smallest absolute Gasteiger partial charge is 0.220 e. The van der Waals surface area contributed by atoms with Crippen LogP contribution >= 0.6 is 0 Å². The van der Waals surface area contributed by atoms with Crippen molar-refractivity contribution in [2.45, 2.75) is 296 Å². The summed E-state index contributed by atoms with van der Waals surface area (Å²) < 4.78 is 0. The highest BCUT2D eigenvalue weighted by Gasteiger charge is 2.18. The SMILES string of the molecule is CCCCCCCCCCCCCC/C=C/C(O)C(CO)NC(=O)CCCCCCCCCCCCCCCCCCCCCCCCCCCCCC. The van der Waals surface area contributed by atoms with Crippen LogP contribution in [0.25, 0.3) is 0 Å². The second kappa shape index (κ2) is 46.5. The Morgan fingerprint density at radius 1 is 0.426 bits per heavy atom. The van der Waals surface area contributed by atoms with Crippen molar-refractivity contribution in [3.8, 4) is 0 Å². The van der Waals surface area contributed by atoms with Crippen LogP contribution in [0.5, 0.6) is 0 Å². The summed E-state index contributed by atoms with van der Waals surface area (Å²) in [7, 11) is 0. The van der Waals surface area contributed by atoms with Crippen LogP contribution in [-0.2, 0) is 4.79 Å². The Labute approximate surface area is 339 Å². The van der Waals surface area contributed by atoms with Crippen molar-refractivity contribution in [2.75, 3.05) is 6.61 Å². The van der Waals surface area contributed by atoms with Crippen LogP contribution in [0.3, 0.4) is 0 Å². The molecule has 0 spiro atoms. The molecular formula is C50H99NO3. The molecule has 3 N–H and O–H groups in total. The van der Waals surface area contributed by atoms with Crippen molar-refractivity contribution >= 4 is 5.91 Å². The van der Waals surface area contributed by atoms with Gasteiger partial charge in [0.05, 0.1) is 18.8 Å². The normalized spacial score (nSPS) is 12.9. The zero-order valence-electron chi connectivity index (χ0n) is 37.0. The van der Waals surface area contributed by atoms with E-state index in [0.717, 1.165) is 25.7 Å². The van der Waals surface area contributed by atoms with Gasteiger partial charge in [0.2, 0.25) is 5.91 Å². The second-order valence-corrected chi connectivity index (χ2v) is 17.2. The Hall–Kier alpha value is -0.870. The molecule has 54 heavy (non-hydrogen) atoms. The van der Waals surface area contributed by atoms with E-state index in [1.54, 1.807) is 6.08 Å². The largest absolute Gasteiger partial charge is 0.394 e. The van der Waals surface area contributed by atoms with E-state index in [-0.39, 0.29) is 12.5 Å². The first-order chi connectivity index (χ1) is 26.7. The maximum Gasteiger partial charge on any atom is 0.220 e. The van der Waals surface area contributed by atoms with Gasteiger partial charge >= 0.3 is 0 Å². The number of nitrogens with one attached hydrogen (secondary N) is 1. The highest BCUT2D eigenvalue weighted by molar-refractivity contribution is 5.76. The fraction of sp³-hybridized carbons (Fsp3) is 0.940. The third kappa shape index (κ3) is 42.3. The minimum Gasteiger partial charge on any atom is -0.394 e. The third-order valence-corrected chi connectivity index (χ3v) is 11.8. The second-order valence-electron chi connectivity index (χ2n) is 17.2. The number of carbonyl (C=O) groups is 1. The molecule has 4 nitrogen and oxygen atoms in total. The molecule has 322 valence electrons. The number of amides is 1. The molecule has 0 rings (SSSR count). The van der Waals surface area contributed by atoms with E-state index in [2.05, 4.69) is 19.2 Å². The predicted octanol–water partition coefficient (Wildman–Crippen LogP) is 15.8. The highest BCUT2D eigenvalue weighted by Crippen LogP contribution is 2.17. The van der Waals surface area contributed by atoms with Crippen molar-refractivity contribution in [1.29, 1.82) is 0 Å². The molecule has 0 aliphatic rings. The number of hydrogen-bond acceptors (Lipinski definition) is 3. The molecule has 0 fully saturated rings. The van der Waals surface area contributed by atoms with Crippen LogP contribution in [0.4, 0.5) is 0 Å².